The van der Waals surface area contributed by atoms with Crippen molar-refractivity contribution in [1.29, 1.82) is 0 Å². The zero-order valence-electron chi connectivity index (χ0n) is 20.2. The molecule has 0 aliphatic carbocycles. The second-order valence-electron chi connectivity index (χ2n) is 8.80. The van der Waals surface area contributed by atoms with Crippen LogP contribution in [0.4, 0.5) is 4.79 Å². The summed E-state index contributed by atoms with van der Waals surface area (Å²) < 4.78 is 33.5. The lowest BCUT2D eigenvalue weighted by atomic mass is 9.96. The molecular formula is C30H26N2O4S. The average molecular weight is 511 g/mol. The molecule has 6 nitrogen and oxygen atoms in total. The van der Waals surface area contributed by atoms with Crippen molar-refractivity contribution in [1.82, 2.24) is 10.0 Å². The van der Waals surface area contributed by atoms with E-state index in [9.17, 15) is 13.2 Å². The smallest absolute Gasteiger partial charge is 0.329 e. The molecule has 0 spiro atoms. The van der Waals surface area contributed by atoms with Gasteiger partial charge in [0.25, 0.3) is 10.0 Å². The van der Waals surface area contributed by atoms with Gasteiger partial charge < -0.3 is 10.1 Å². The van der Waals surface area contributed by atoms with E-state index in [0.29, 0.717) is 6.42 Å². The zero-order valence-corrected chi connectivity index (χ0v) is 21.0. The van der Waals surface area contributed by atoms with Crippen molar-refractivity contribution in [3.8, 4) is 5.75 Å². The van der Waals surface area contributed by atoms with Gasteiger partial charge in [-0.1, -0.05) is 78.9 Å². The van der Waals surface area contributed by atoms with Gasteiger partial charge in [0.2, 0.25) is 0 Å². The lowest BCUT2D eigenvalue weighted by Gasteiger charge is -2.21. The molecule has 5 aromatic rings. The number of hydrogen-bond donors (Lipinski definition) is 2. The molecule has 0 saturated heterocycles. The molecule has 0 aliphatic heterocycles. The fraction of sp³-hybridized carbons (Fsp3) is 0.100. The summed E-state index contributed by atoms with van der Waals surface area (Å²) in [6.45, 7) is 0. The van der Waals surface area contributed by atoms with Gasteiger partial charge in [0.15, 0.2) is 0 Å². The maximum Gasteiger partial charge on any atom is 0.329 e. The molecule has 0 aliphatic rings. The number of amides is 2. The Morgan fingerprint density at radius 1 is 0.757 bits per heavy atom. The van der Waals surface area contributed by atoms with E-state index < -0.39 is 22.1 Å². The molecule has 7 heteroatoms. The second kappa shape index (κ2) is 10.3. The van der Waals surface area contributed by atoms with Gasteiger partial charge in [-0.15, -0.1) is 0 Å². The largest absolute Gasteiger partial charge is 0.497 e. The van der Waals surface area contributed by atoms with E-state index in [4.69, 9.17) is 4.74 Å². The topological polar surface area (TPSA) is 84.5 Å². The second-order valence-corrected chi connectivity index (χ2v) is 10.5. The fourth-order valence-corrected chi connectivity index (χ4v) is 5.33. The summed E-state index contributed by atoms with van der Waals surface area (Å²) in [4.78, 5) is 13.0. The van der Waals surface area contributed by atoms with Crippen molar-refractivity contribution < 1.29 is 17.9 Å². The van der Waals surface area contributed by atoms with Crippen LogP contribution in [-0.4, -0.2) is 21.6 Å². The normalized spacial score (nSPS) is 12.2. The highest BCUT2D eigenvalue weighted by Crippen LogP contribution is 2.25. The van der Waals surface area contributed by atoms with E-state index in [-0.39, 0.29) is 4.90 Å². The summed E-state index contributed by atoms with van der Waals surface area (Å²) in [5, 5.41) is 6.69. The first-order chi connectivity index (χ1) is 17.9. The Morgan fingerprint density at radius 3 is 2.00 bits per heavy atom. The van der Waals surface area contributed by atoms with Crippen LogP contribution >= 0.6 is 0 Å². The van der Waals surface area contributed by atoms with Crippen molar-refractivity contribution >= 4 is 37.6 Å². The maximum absolute atomic E-state index is 13.0. The number of ether oxygens (including phenoxy) is 1. The Bertz CT molecular complexity index is 1680. The minimum absolute atomic E-state index is 0.0266. The molecule has 2 amide bonds. The van der Waals surface area contributed by atoms with E-state index in [1.165, 1.54) is 6.07 Å². The summed E-state index contributed by atoms with van der Waals surface area (Å²) in [5.74, 6) is 0.734. The number of carbonyl (C=O) groups is 1. The van der Waals surface area contributed by atoms with Gasteiger partial charge in [0, 0.05) is 0 Å². The predicted molar refractivity (Wildman–Crippen MR) is 146 cm³/mol. The molecular weight excluding hydrogens is 484 g/mol. The van der Waals surface area contributed by atoms with Gasteiger partial charge in [-0.05, 0) is 69.4 Å². The van der Waals surface area contributed by atoms with Gasteiger partial charge in [0.05, 0.1) is 18.0 Å². The summed E-state index contributed by atoms with van der Waals surface area (Å²) >= 11 is 0. The summed E-state index contributed by atoms with van der Waals surface area (Å²) in [6, 6.07) is 32.5. The van der Waals surface area contributed by atoms with Crippen LogP contribution in [0, 0.1) is 0 Å². The molecule has 5 rings (SSSR count). The number of nitrogens with one attached hydrogen (secondary N) is 2. The van der Waals surface area contributed by atoms with E-state index in [0.717, 1.165) is 38.4 Å². The van der Waals surface area contributed by atoms with Crippen LogP contribution in [0.5, 0.6) is 5.75 Å². The van der Waals surface area contributed by atoms with Crippen molar-refractivity contribution in [2.45, 2.75) is 17.4 Å². The van der Waals surface area contributed by atoms with Crippen molar-refractivity contribution in [2.24, 2.45) is 0 Å². The van der Waals surface area contributed by atoms with Crippen molar-refractivity contribution in [3.63, 3.8) is 0 Å². The predicted octanol–water partition coefficient (Wildman–Crippen LogP) is 5.97. The van der Waals surface area contributed by atoms with Crippen LogP contribution in [0.3, 0.4) is 0 Å². The van der Waals surface area contributed by atoms with Gasteiger partial charge >= 0.3 is 6.03 Å². The van der Waals surface area contributed by atoms with Gasteiger partial charge in [-0.3, -0.25) is 0 Å². The van der Waals surface area contributed by atoms with Crippen LogP contribution in [-0.2, 0) is 16.4 Å². The molecule has 0 saturated carbocycles. The number of fused-ring (bicyclic) bond motifs is 2. The number of methoxy groups -OCH3 is 1. The number of urea groups is 1. The molecule has 0 fully saturated rings. The Morgan fingerprint density at radius 2 is 1.35 bits per heavy atom. The number of benzene rings is 5. The number of carbonyl (C=O) groups excluding carboxylic acids is 1. The summed E-state index contributed by atoms with van der Waals surface area (Å²) in [5.41, 5.74) is 1.84. The SMILES string of the molecule is COc1ccc(CC(NC(=O)NS(=O)(=O)c2ccc3ccccc3c2)c2ccc3ccccc3c2)cc1. The highest BCUT2D eigenvalue weighted by molar-refractivity contribution is 7.90. The highest BCUT2D eigenvalue weighted by atomic mass is 32.2. The van der Waals surface area contributed by atoms with E-state index in [1.54, 1.807) is 19.2 Å². The molecule has 1 atom stereocenters. The number of hydrogen-bond acceptors (Lipinski definition) is 4. The van der Waals surface area contributed by atoms with Crippen molar-refractivity contribution in [2.75, 3.05) is 7.11 Å². The molecule has 0 aromatic heterocycles. The molecule has 186 valence electrons. The fourth-order valence-electron chi connectivity index (χ4n) is 4.38. The van der Waals surface area contributed by atoms with Gasteiger partial charge in [-0.25, -0.2) is 17.9 Å². The monoisotopic (exact) mass is 510 g/mol. The van der Waals surface area contributed by atoms with Gasteiger partial charge in [0.1, 0.15) is 5.75 Å². The van der Waals surface area contributed by atoms with Crippen molar-refractivity contribution in [3.05, 3.63) is 120 Å². The molecule has 0 radical (unpaired) electrons. The number of sulfonamides is 1. The molecule has 0 bridgehead atoms. The van der Waals surface area contributed by atoms with E-state index >= 15 is 0 Å². The van der Waals surface area contributed by atoms with Crippen LogP contribution < -0.4 is 14.8 Å². The minimum atomic E-state index is -4.07. The van der Waals surface area contributed by atoms with E-state index in [2.05, 4.69) is 10.0 Å². The highest BCUT2D eigenvalue weighted by Gasteiger charge is 2.22. The lowest BCUT2D eigenvalue weighted by molar-refractivity contribution is 0.242. The van der Waals surface area contributed by atoms with Crippen LogP contribution in [0.2, 0.25) is 0 Å². The first-order valence-corrected chi connectivity index (χ1v) is 13.3. The van der Waals surface area contributed by atoms with Crippen LogP contribution in [0.15, 0.2) is 114 Å². The van der Waals surface area contributed by atoms with Crippen LogP contribution in [0.25, 0.3) is 21.5 Å². The Hall–Kier alpha value is -4.36. The molecule has 37 heavy (non-hydrogen) atoms. The standard InChI is InChI=1S/C30H26N2O4S/c1-36-27-15-10-21(11-16-27)18-29(26-13-12-22-6-2-4-8-24(22)19-26)31-30(33)32-37(34,35)28-17-14-23-7-3-5-9-25(23)20-28/h2-17,19-20,29H,18H2,1H3,(H2,31,32,33). The zero-order chi connectivity index (χ0) is 25.8. The molecule has 1 unspecified atom stereocenters. The quantitative estimate of drug-likeness (QED) is 0.282. The Labute approximate surface area is 216 Å². The van der Waals surface area contributed by atoms with E-state index in [1.807, 2.05) is 91.0 Å². The Balaban J connectivity index is 1.41. The molecule has 2 N–H and O–H groups in total. The van der Waals surface area contributed by atoms with Gasteiger partial charge in [-0.2, -0.15) is 0 Å². The summed E-state index contributed by atoms with van der Waals surface area (Å²) in [7, 11) is -2.47. The lowest BCUT2D eigenvalue weighted by Crippen LogP contribution is -2.41. The van der Waals surface area contributed by atoms with Crippen LogP contribution in [0.1, 0.15) is 17.2 Å². The third-order valence-corrected chi connectivity index (χ3v) is 7.67. The molecule has 5 aromatic carbocycles. The minimum Gasteiger partial charge on any atom is -0.497 e. The third kappa shape index (κ3) is 5.57. The first-order valence-electron chi connectivity index (χ1n) is 11.8. The first kappa shape index (κ1) is 24.3. The summed E-state index contributed by atoms with van der Waals surface area (Å²) in [6.07, 6.45) is 0.464. The number of rotatable bonds is 7. The Kier molecular flexibility index (Phi) is 6.79. The maximum atomic E-state index is 13.0. The average Bonchev–Trinajstić information content (AvgIpc) is 2.92. The molecule has 0 heterocycles. The third-order valence-electron chi connectivity index (χ3n) is 6.34.